The average Bonchev–Trinajstić information content (AvgIpc) is 2.93. The van der Waals surface area contributed by atoms with Crippen LogP contribution in [0.1, 0.15) is 63.3 Å². The van der Waals surface area contributed by atoms with E-state index in [-0.39, 0.29) is 23.9 Å². The molecule has 1 aliphatic heterocycles. The third kappa shape index (κ3) is 3.89. The number of amides is 3. The first-order valence-corrected chi connectivity index (χ1v) is 9.37. The van der Waals surface area contributed by atoms with Gasteiger partial charge in [0.05, 0.1) is 17.7 Å². The normalized spacial score (nSPS) is 15.0. The molecule has 0 saturated carbocycles. The van der Waals surface area contributed by atoms with Gasteiger partial charge in [0.15, 0.2) is 0 Å². The average molecular weight is 394 g/mol. The number of hydrogen-bond acceptors (Lipinski definition) is 4. The van der Waals surface area contributed by atoms with Crippen molar-refractivity contribution in [2.45, 2.75) is 38.8 Å². The highest BCUT2D eigenvalue weighted by molar-refractivity contribution is 6.21. The fourth-order valence-corrected chi connectivity index (χ4v) is 3.42. The maximum Gasteiger partial charge on any atom is 0.329 e. The Bertz CT molecular complexity index is 965. The summed E-state index contributed by atoms with van der Waals surface area (Å²) in [4.78, 5) is 50.4. The number of nitrogens with one attached hydrogen (secondary N) is 1. The van der Waals surface area contributed by atoms with Crippen LogP contribution in [-0.4, -0.2) is 39.2 Å². The van der Waals surface area contributed by atoms with Crippen molar-refractivity contribution in [2.24, 2.45) is 0 Å². The Balaban J connectivity index is 1.79. The molecule has 7 nitrogen and oxygen atoms in total. The lowest BCUT2D eigenvalue weighted by atomic mass is 9.95. The maximum absolute atomic E-state index is 12.6. The highest BCUT2D eigenvalue weighted by Gasteiger charge is 2.36. The molecular weight excluding hydrogens is 372 g/mol. The van der Waals surface area contributed by atoms with Gasteiger partial charge in [-0.1, -0.05) is 37.6 Å². The van der Waals surface area contributed by atoms with Gasteiger partial charge in [-0.15, -0.1) is 0 Å². The van der Waals surface area contributed by atoms with Crippen LogP contribution < -0.4 is 5.32 Å². The summed E-state index contributed by atoms with van der Waals surface area (Å²) >= 11 is 0. The van der Waals surface area contributed by atoms with E-state index in [2.05, 4.69) is 5.32 Å². The molecule has 0 radical (unpaired) electrons. The van der Waals surface area contributed by atoms with Crippen LogP contribution in [0.15, 0.2) is 48.5 Å². The van der Waals surface area contributed by atoms with E-state index in [0.29, 0.717) is 29.5 Å². The number of nitrogens with zero attached hydrogens (tertiary/aromatic N) is 1. The molecule has 0 aromatic heterocycles. The van der Waals surface area contributed by atoms with E-state index in [1.807, 2.05) is 6.92 Å². The number of carbonyl (C=O) groups is 4. The van der Waals surface area contributed by atoms with E-state index in [0.717, 1.165) is 4.90 Å². The molecule has 0 fully saturated rings. The highest BCUT2D eigenvalue weighted by Crippen LogP contribution is 2.24. The van der Waals surface area contributed by atoms with Crippen LogP contribution in [0, 0.1) is 0 Å². The van der Waals surface area contributed by atoms with E-state index in [9.17, 15) is 24.3 Å². The summed E-state index contributed by atoms with van der Waals surface area (Å²) in [5.74, 6) is -2.37. The smallest absolute Gasteiger partial charge is 0.329 e. The SMILES string of the molecule is CCCC(C)(NC(=O)c1cccc(CN2C(=O)c3ccccc3C2=O)c1)C(=O)O. The predicted octanol–water partition coefficient (Wildman–Crippen LogP) is 2.86. The number of fused-ring (bicyclic) bond motifs is 1. The third-order valence-electron chi connectivity index (χ3n) is 5.02. The van der Waals surface area contributed by atoms with Crippen molar-refractivity contribution in [3.63, 3.8) is 0 Å². The Hall–Kier alpha value is -3.48. The Morgan fingerprint density at radius 2 is 1.66 bits per heavy atom. The number of hydrogen-bond donors (Lipinski definition) is 2. The first-order valence-electron chi connectivity index (χ1n) is 9.37. The third-order valence-corrected chi connectivity index (χ3v) is 5.02. The first kappa shape index (κ1) is 20.3. The number of imide groups is 1. The van der Waals surface area contributed by atoms with Gasteiger partial charge in [-0.2, -0.15) is 0 Å². The van der Waals surface area contributed by atoms with E-state index in [4.69, 9.17) is 0 Å². The van der Waals surface area contributed by atoms with Crippen LogP contribution in [0.3, 0.4) is 0 Å². The van der Waals surface area contributed by atoms with Gasteiger partial charge in [-0.05, 0) is 43.2 Å². The molecule has 29 heavy (non-hydrogen) atoms. The van der Waals surface area contributed by atoms with Crippen LogP contribution in [0.4, 0.5) is 0 Å². The molecule has 0 aliphatic carbocycles. The minimum atomic E-state index is -1.37. The summed E-state index contributed by atoms with van der Waals surface area (Å²) in [6, 6.07) is 13.1. The summed E-state index contributed by atoms with van der Waals surface area (Å²) in [7, 11) is 0. The van der Waals surface area contributed by atoms with Gasteiger partial charge in [0, 0.05) is 5.56 Å². The van der Waals surface area contributed by atoms with E-state index >= 15 is 0 Å². The molecule has 3 rings (SSSR count). The van der Waals surface area contributed by atoms with E-state index < -0.39 is 17.4 Å². The number of carbonyl (C=O) groups excluding carboxylic acids is 3. The zero-order valence-electron chi connectivity index (χ0n) is 16.3. The van der Waals surface area contributed by atoms with E-state index in [1.54, 1.807) is 48.5 Å². The molecular formula is C22H22N2O5. The molecule has 150 valence electrons. The molecule has 3 amide bonds. The molecule has 0 saturated heterocycles. The lowest BCUT2D eigenvalue weighted by Gasteiger charge is -2.26. The zero-order chi connectivity index (χ0) is 21.2. The monoisotopic (exact) mass is 394 g/mol. The molecule has 0 bridgehead atoms. The van der Waals surface area contributed by atoms with Gasteiger partial charge in [0.25, 0.3) is 17.7 Å². The summed E-state index contributed by atoms with van der Waals surface area (Å²) in [5.41, 5.74) is 0.221. The standard InChI is InChI=1S/C22H22N2O5/c1-3-11-22(2,21(28)29)23-18(25)15-8-6-7-14(12-15)13-24-19(26)16-9-4-5-10-17(16)20(24)27/h4-10,12H,3,11,13H2,1-2H3,(H,23,25)(H,28,29). The van der Waals surface area contributed by atoms with Crippen LogP contribution in [-0.2, 0) is 11.3 Å². The maximum atomic E-state index is 12.6. The fraction of sp³-hybridized carbons (Fsp3) is 0.273. The number of carboxylic acid groups (broad SMARTS) is 1. The molecule has 0 spiro atoms. The Morgan fingerprint density at radius 3 is 2.21 bits per heavy atom. The van der Waals surface area contributed by atoms with Crippen molar-refractivity contribution in [1.29, 1.82) is 0 Å². The van der Waals surface area contributed by atoms with Gasteiger partial charge in [-0.25, -0.2) is 4.79 Å². The van der Waals surface area contributed by atoms with Crippen molar-refractivity contribution < 1.29 is 24.3 Å². The number of benzene rings is 2. The lowest BCUT2D eigenvalue weighted by Crippen LogP contribution is -2.52. The van der Waals surface area contributed by atoms with Crippen LogP contribution in [0.25, 0.3) is 0 Å². The second-order valence-corrected chi connectivity index (χ2v) is 7.28. The summed E-state index contributed by atoms with van der Waals surface area (Å²) in [5, 5.41) is 12.0. The van der Waals surface area contributed by atoms with Gasteiger partial charge in [0.1, 0.15) is 5.54 Å². The quantitative estimate of drug-likeness (QED) is 0.703. The van der Waals surface area contributed by atoms with E-state index in [1.165, 1.54) is 6.92 Å². The second-order valence-electron chi connectivity index (χ2n) is 7.28. The van der Waals surface area contributed by atoms with Gasteiger partial charge < -0.3 is 10.4 Å². The zero-order valence-corrected chi connectivity index (χ0v) is 16.3. The summed E-state index contributed by atoms with van der Waals surface area (Å²) in [6.07, 6.45) is 0.895. The fourth-order valence-electron chi connectivity index (χ4n) is 3.42. The van der Waals surface area contributed by atoms with Crippen LogP contribution >= 0.6 is 0 Å². The molecule has 1 heterocycles. The minimum absolute atomic E-state index is 0.0264. The van der Waals surface area contributed by atoms with Crippen molar-refractivity contribution in [3.8, 4) is 0 Å². The molecule has 1 unspecified atom stereocenters. The molecule has 2 N–H and O–H groups in total. The van der Waals surface area contributed by atoms with Crippen molar-refractivity contribution in [2.75, 3.05) is 0 Å². The number of carboxylic acids is 1. The molecule has 2 aromatic rings. The van der Waals surface area contributed by atoms with Gasteiger partial charge >= 0.3 is 5.97 Å². The van der Waals surface area contributed by atoms with Crippen molar-refractivity contribution >= 4 is 23.7 Å². The van der Waals surface area contributed by atoms with Crippen molar-refractivity contribution in [3.05, 3.63) is 70.8 Å². The number of aliphatic carboxylic acids is 1. The Morgan fingerprint density at radius 1 is 1.03 bits per heavy atom. The highest BCUT2D eigenvalue weighted by atomic mass is 16.4. The Labute approximate surface area is 168 Å². The van der Waals surface area contributed by atoms with Crippen molar-refractivity contribution in [1.82, 2.24) is 10.2 Å². The molecule has 2 aromatic carbocycles. The predicted molar refractivity (Wildman–Crippen MR) is 106 cm³/mol. The van der Waals surface area contributed by atoms with Gasteiger partial charge in [0.2, 0.25) is 0 Å². The summed E-state index contributed by atoms with van der Waals surface area (Å²) in [6.45, 7) is 3.34. The summed E-state index contributed by atoms with van der Waals surface area (Å²) < 4.78 is 0. The second kappa shape index (κ2) is 7.87. The largest absolute Gasteiger partial charge is 0.480 e. The van der Waals surface area contributed by atoms with Crippen LogP contribution in [0.2, 0.25) is 0 Å². The van der Waals surface area contributed by atoms with Crippen LogP contribution in [0.5, 0.6) is 0 Å². The first-order chi connectivity index (χ1) is 13.8. The topological polar surface area (TPSA) is 104 Å². The lowest BCUT2D eigenvalue weighted by molar-refractivity contribution is -0.144. The molecule has 1 atom stereocenters. The Kier molecular flexibility index (Phi) is 5.50. The molecule has 1 aliphatic rings. The number of rotatable bonds is 7. The van der Waals surface area contributed by atoms with Gasteiger partial charge in [-0.3, -0.25) is 19.3 Å². The molecule has 7 heteroatoms. The minimum Gasteiger partial charge on any atom is -0.480 e.